The van der Waals surface area contributed by atoms with Crippen molar-refractivity contribution in [1.29, 1.82) is 0 Å². The third kappa shape index (κ3) is 4.75. The molecular formula is C24H15Cl2N2O5S-. The van der Waals surface area contributed by atoms with Gasteiger partial charge in [-0.2, -0.15) is 0 Å². The zero-order valence-corrected chi connectivity index (χ0v) is 19.8. The molecule has 1 N–H and O–H groups in total. The first kappa shape index (κ1) is 23.7. The molecule has 1 aliphatic rings. The van der Waals surface area contributed by atoms with Gasteiger partial charge in [0.1, 0.15) is 16.4 Å². The van der Waals surface area contributed by atoms with E-state index in [0.29, 0.717) is 20.6 Å². The molecule has 0 aliphatic carbocycles. The Labute approximate surface area is 208 Å². The number of hydrogen-bond donors (Lipinski definition) is 1. The van der Waals surface area contributed by atoms with Crippen LogP contribution in [0.3, 0.4) is 0 Å². The summed E-state index contributed by atoms with van der Waals surface area (Å²) in [5.74, 6) is -2.33. The number of anilines is 2. The van der Waals surface area contributed by atoms with E-state index in [-0.39, 0.29) is 27.6 Å². The number of carbonyl (C=O) groups is 3. The normalized spacial score (nSPS) is 13.4. The first-order valence-corrected chi connectivity index (χ1v) is 11.3. The molecule has 10 heteroatoms. The number of ether oxygens (including phenoxy) is 1. The van der Waals surface area contributed by atoms with E-state index in [1.54, 1.807) is 42.5 Å². The summed E-state index contributed by atoms with van der Waals surface area (Å²) in [7, 11) is 1.42. The zero-order valence-electron chi connectivity index (χ0n) is 17.5. The molecule has 0 fully saturated rings. The summed E-state index contributed by atoms with van der Waals surface area (Å²) in [5.41, 5.74) is 0.372. The molecule has 0 radical (unpaired) electrons. The van der Waals surface area contributed by atoms with Crippen molar-refractivity contribution < 1.29 is 24.2 Å². The zero-order chi connectivity index (χ0) is 24.4. The highest BCUT2D eigenvalue weighted by atomic mass is 35.5. The summed E-state index contributed by atoms with van der Waals surface area (Å²) >= 11 is 13.2. The lowest BCUT2D eigenvalue weighted by molar-refractivity contribution is -0.255. The number of benzene rings is 3. The molecule has 0 unspecified atom stereocenters. The van der Waals surface area contributed by atoms with Crippen molar-refractivity contribution in [1.82, 2.24) is 0 Å². The fraction of sp³-hybridized carbons (Fsp3) is 0.0417. The number of amides is 2. The lowest BCUT2D eigenvalue weighted by Crippen LogP contribution is -2.32. The molecule has 4 rings (SSSR count). The molecule has 3 aromatic carbocycles. The number of halogens is 2. The first-order valence-electron chi connectivity index (χ1n) is 9.77. The topological polar surface area (TPSA) is 98.8 Å². The fourth-order valence-electron chi connectivity index (χ4n) is 3.26. The molecule has 0 aromatic heterocycles. The van der Waals surface area contributed by atoms with E-state index >= 15 is 0 Å². The number of rotatable bonds is 7. The Morgan fingerprint density at radius 2 is 1.68 bits per heavy atom. The van der Waals surface area contributed by atoms with Crippen LogP contribution in [0, 0.1) is 0 Å². The maximum absolute atomic E-state index is 13.5. The van der Waals surface area contributed by atoms with Crippen molar-refractivity contribution >= 4 is 64.1 Å². The number of nitrogens with zero attached hydrogens (tertiary/aromatic N) is 1. The second-order valence-electron chi connectivity index (χ2n) is 7.02. The lowest BCUT2D eigenvalue weighted by atomic mass is 10.2. The van der Waals surface area contributed by atoms with E-state index < -0.39 is 17.8 Å². The third-order valence-electron chi connectivity index (χ3n) is 4.82. The Morgan fingerprint density at radius 3 is 2.35 bits per heavy atom. The monoisotopic (exact) mass is 513 g/mol. The highest BCUT2D eigenvalue weighted by Crippen LogP contribution is 2.41. The van der Waals surface area contributed by atoms with Crippen molar-refractivity contribution in [3.8, 4) is 5.75 Å². The predicted octanol–water partition coefficient (Wildman–Crippen LogP) is 4.35. The van der Waals surface area contributed by atoms with Crippen LogP contribution >= 0.6 is 35.0 Å². The molecule has 2 amide bonds. The molecule has 172 valence electrons. The molecule has 0 atom stereocenters. The number of imide groups is 1. The highest BCUT2D eigenvalue weighted by molar-refractivity contribution is 8.04. The summed E-state index contributed by atoms with van der Waals surface area (Å²) in [6.07, 6.45) is 0. The molecule has 1 heterocycles. The van der Waals surface area contributed by atoms with Gasteiger partial charge in [0.25, 0.3) is 11.8 Å². The van der Waals surface area contributed by atoms with Crippen LogP contribution in [0.2, 0.25) is 10.0 Å². The van der Waals surface area contributed by atoms with E-state index in [1.807, 2.05) is 0 Å². The van der Waals surface area contributed by atoms with Crippen LogP contribution in [0.1, 0.15) is 10.4 Å². The summed E-state index contributed by atoms with van der Waals surface area (Å²) in [5, 5.41) is 15.0. The maximum Gasteiger partial charge on any atom is 0.283 e. The van der Waals surface area contributed by atoms with Gasteiger partial charge in [-0.3, -0.25) is 9.59 Å². The van der Waals surface area contributed by atoms with Crippen LogP contribution in [0.5, 0.6) is 5.75 Å². The number of carboxylic acids is 1. The molecular weight excluding hydrogens is 499 g/mol. The second kappa shape index (κ2) is 9.80. The minimum atomic E-state index is -1.37. The van der Waals surface area contributed by atoms with Gasteiger partial charge in [-0.15, -0.1) is 0 Å². The van der Waals surface area contributed by atoms with Gasteiger partial charge < -0.3 is 20.0 Å². The largest absolute Gasteiger partial charge is 0.545 e. The SMILES string of the molecule is COc1ccc(Cl)cc1N1C(=O)C(Nc2cccc(C(=O)[O-])c2)=C(Sc2ccc(Cl)cc2)C1=O. The van der Waals surface area contributed by atoms with Gasteiger partial charge in [0, 0.05) is 20.6 Å². The van der Waals surface area contributed by atoms with Crippen LogP contribution in [0.4, 0.5) is 11.4 Å². The smallest absolute Gasteiger partial charge is 0.283 e. The molecule has 0 saturated carbocycles. The predicted molar refractivity (Wildman–Crippen MR) is 129 cm³/mol. The molecule has 7 nitrogen and oxygen atoms in total. The Hall–Kier alpha value is -3.46. The Bertz CT molecular complexity index is 1340. The van der Waals surface area contributed by atoms with Crippen molar-refractivity contribution in [3.63, 3.8) is 0 Å². The van der Waals surface area contributed by atoms with Crippen LogP contribution in [0.15, 0.2) is 82.2 Å². The van der Waals surface area contributed by atoms with Gasteiger partial charge >= 0.3 is 0 Å². The molecule has 0 saturated heterocycles. The van der Waals surface area contributed by atoms with E-state index in [4.69, 9.17) is 27.9 Å². The van der Waals surface area contributed by atoms with Crippen molar-refractivity contribution in [2.45, 2.75) is 4.90 Å². The van der Waals surface area contributed by atoms with Crippen LogP contribution < -0.4 is 20.1 Å². The van der Waals surface area contributed by atoms with E-state index in [2.05, 4.69) is 5.32 Å². The summed E-state index contributed by atoms with van der Waals surface area (Å²) in [6.45, 7) is 0. The number of nitrogens with one attached hydrogen (secondary N) is 1. The molecule has 34 heavy (non-hydrogen) atoms. The number of carbonyl (C=O) groups excluding carboxylic acids is 3. The average Bonchev–Trinajstić information content (AvgIpc) is 3.04. The van der Waals surface area contributed by atoms with Gasteiger partial charge in [0.05, 0.1) is 18.8 Å². The molecule has 0 bridgehead atoms. The van der Waals surface area contributed by atoms with Crippen LogP contribution in [0.25, 0.3) is 0 Å². The number of carboxylic acid groups (broad SMARTS) is 1. The Balaban J connectivity index is 1.79. The van der Waals surface area contributed by atoms with Crippen molar-refractivity contribution in [3.05, 3.63) is 92.9 Å². The third-order valence-corrected chi connectivity index (χ3v) is 6.40. The number of thioether (sulfide) groups is 1. The lowest BCUT2D eigenvalue weighted by Gasteiger charge is -2.18. The highest BCUT2D eigenvalue weighted by Gasteiger charge is 2.41. The molecule has 0 spiro atoms. The molecule has 3 aromatic rings. The van der Waals surface area contributed by atoms with Crippen molar-refractivity contribution in [2.24, 2.45) is 0 Å². The Kier molecular flexibility index (Phi) is 6.83. The minimum Gasteiger partial charge on any atom is -0.545 e. The van der Waals surface area contributed by atoms with E-state index in [0.717, 1.165) is 16.7 Å². The average molecular weight is 514 g/mol. The standard InChI is InChI=1S/C24H16Cl2N2O5S/c1-33-19-10-7-15(26)12-18(19)28-22(29)20(27-16-4-2-3-13(11-16)24(31)32)21(23(28)30)34-17-8-5-14(25)6-9-17/h2-12,27H,1H3,(H,31,32)/p-1. The van der Waals surface area contributed by atoms with Crippen LogP contribution in [-0.4, -0.2) is 24.9 Å². The minimum absolute atomic E-state index is 0.0255. The number of hydrogen-bond acceptors (Lipinski definition) is 7. The first-order chi connectivity index (χ1) is 16.3. The van der Waals surface area contributed by atoms with Gasteiger partial charge in [0.15, 0.2) is 0 Å². The van der Waals surface area contributed by atoms with Gasteiger partial charge in [0.2, 0.25) is 0 Å². The van der Waals surface area contributed by atoms with E-state index in [1.165, 1.54) is 31.4 Å². The fourth-order valence-corrected chi connectivity index (χ4v) is 4.48. The maximum atomic E-state index is 13.5. The summed E-state index contributed by atoms with van der Waals surface area (Å²) < 4.78 is 5.33. The number of methoxy groups -OCH3 is 1. The summed E-state index contributed by atoms with van der Waals surface area (Å²) in [6, 6.07) is 17.1. The van der Waals surface area contributed by atoms with Gasteiger partial charge in [-0.25, -0.2) is 4.90 Å². The molecule has 1 aliphatic heterocycles. The number of aromatic carboxylic acids is 1. The Morgan fingerprint density at radius 1 is 0.971 bits per heavy atom. The van der Waals surface area contributed by atoms with Gasteiger partial charge in [-0.05, 0) is 60.2 Å². The van der Waals surface area contributed by atoms with E-state index in [9.17, 15) is 19.5 Å². The van der Waals surface area contributed by atoms with Crippen molar-refractivity contribution in [2.75, 3.05) is 17.3 Å². The summed E-state index contributed by atoms with van der Waals surface area (Å²) in [4.78, 5) is 40.0. The quantitative estimate of drug-likeness (QED) is 0.468. The van der Waals surface area contributed by atoms with Gasteiger partial charge in [-0.1, -0.05) is 47.1 Å². The second-order valence-corrected chi connectivity index (χ2v) is 8.97. The van der Waals surface area contributed by atoms with Crippen LogP contribution in [-0.2, 0) is 9.59 Å².